The molecule has 0 atom stereocenters. The summed E-state index contributed by atoms with van der Waals surface area (Å²) in [6.45, 7) is 8.15. The summed E-state index contributed by atoms with van der Waals surface area (Å²) in [6.07, 6.45) is 2.01. The normalized spacial score (nSPS) is 12.4. The Morgan fingerprint density at radius 1 is 0.515 bits per heavy atom. The maximum Gasteiger partial charge on any atom is 0.305 e. The Bertz CT molecular complexity index is 3030. The molecule has 0 saturated heterocycles. The van der Waals surface area contributed by atoms with Gasteiger partial charge in [0.15, 0.2) is 0 Å². The van der Waals surface area contributed by atoms with Gasteiger partial charge in [-0.2, -0.15) is 0 Å². The molecule has 12 nitrogen and oxygen atoms in total. The highest BCUT2D eigenvalue weighted by molar-refractivity contribution is 14.1. The van der Waals surface area contributed by atoms with E-state index in [1.807, 2.05) is 58.0 Å². The monoisotopic (exact) mass is 1110 g/mol. The first-order chi connectivity index (χ1) is 31.7. The lowest BCUT2D eigenvalue weighted by atomic mass is 9.91. The largest absolute Gasteiger partial charge is 0.469 e. The first-order valence-electron chi connectivity index (χ1n) is 21.7. The predicted molar refractivity (Wildman–Crippen MR) is 275 cm³/mol. The molecule has 0 amide bonds. The average molecular weight is 1110 g/mol. The molecule has 2 aromatic carbocycles. The molecule has 0 aliphatic carbocycles. The van der Waals surface area contributed by atoms with E-state index >= 15 is 0 Å². The molecule has 0 radical (unpaired) electrons. The van der Waals surface area contributed by atoms with Gasteiger partial charge in [0.1, 0.15) is 0 Å². The van der Waals surface area contributed by atoms with Gasteiger partial charge in [-0.25, -0.2) is 9.97 Å². The lowest BCUT2D eigenvalue weighted by molar-refractivity contribution is -0.141. The van der Waals surface area contributed by atoms with Crippen LogP contribution in [0, 0.1) is 21.0 Å². The van der Waals surface area contributed by atoms with Crippen LogP contribution in [0.5, 0.6) is 0 Å². The van der Waals surface area contributed by atoms with E-state index in [-0.39, 0.29) is 49.6 Å². The molecule has 8 bridgehead atoms. The number of rotatable bonds is 14. The highest BCUT2D eigenvalue weighted by Crippen LogP contribution is 2.47. The van der Waals surface area contributed by atoms with Crippen molar-refractivity contribution in [3.05, 3.63) is 113 Å². The predicted octanol–water partition coefficient (Wildman–Crippen LogP) is 11.5. The number of fused-ring (bicyclic) bond motifs is 8. The summed E-state index contributed by atoms with van der Waals surface area (Å²) in [5.74, 6) is -1.35. The van der Waals surface area contributed by atoms with Crippen LogP contribution in [0.3, 0.4) is 0 Å². The molecule has 3 aromatic heterocycles. The minimum atomic E-state index is -0.346. The summed E-state index contributed by atoms with van der Waals surface area (Å²) in [4.78, 5) is 70.0. The van der Waals surface area contributed by atoms with E-state index < -0.39 is 0 Å². The molecule has 2 aliphatic rings. The van der Waals surface area contributed by atoms with Crippen LogP contribution in [0.4, 0.5) is 0 Å². The number of aromatic amines is 2. The number of halogens is 2. The van der Waals surface area contributed by atoms with Gasteiger partial charge in [-0.05, 0) is 191 Å². The second kappa shape index (κ2) is 20.9. The van der Waals surface area contributed by atoms with Crippen molar-refractivity contribution in [1.29, 1.82) is 0 Å². The zero-order valence-corrected chi connectivity index (χ0v) is 42.7. The van der Waals surface area contributed by atoms with Gasteiger partial charge in [0.25, 0.3) is 0 Å². The highest BCUT2D eigenvalue weighted by atomic mass is 127. The van der Waals surface area contributed by atoms with E-state index in [1.165, 1.54) is 28.4 Å². The minimum Gasteiger partial charge on any atom is -0.469 e. The van der Waals surface area contributed by atoms with Crippen molar-refractivity contribution in [1.82, 2.24) is 19.9 Å². The number of aromatic nitrogens is 4. The SMILES string of the molecule is COC(=O)CCC1=C(C)c2nc1cc1[nH]c(cc3[nH]c(c(CCC(=O)OC)c3C)c(-c3cccc(I)c3)c3nc(c2-c2cccc(I)c2)C(C)=C3CCC(=O)OC)c(C)c1CCC(=O)OC. The summed E-state index contributed by atoms with van der Waals surface area (Å²) in [5, 5.41) is 0. The van der Waals surface area contributed by atoms with Crippen LogP contribution in [0.15, 0.2) is 60.7 Å². The first kappa shape index (κ1) is 48.3. The smallest absolute Gasteiger partial charge is 0.305 e. The molecule has 5 heterocycles. The number of hydrogen-bond donors (Lipinski definition) is 2. The second-order valence-electron chi connectivity index (χ2n) is 16.3. The lowest BCUT2D eigenvalue weighted by Crippen LogP contribution is -2.03. The zero-order valence-electron chi connectivity index (χ0n) is 38.3. The maximum atomic E-state index is 13.0. The molecule has 0 fully saturated rings. The van der Waals surface area contributed by atoms with Gasteiger partial charge >= 0.3 is 23.9 Å². The van der Waals surface area contributed by atoms with Gasteiger partial charge in [0.05, 0.1) is 56.7 Å². The van der Waals surface area contributed by atoms with Crippen molar-refractivity contribution in [3.8, 4) is 22.3 Å². The molecule has 7 rings (SSSR count). The van der Waals surface area contributed by atoms with Crippen molar-refractivity contribution in [3.63, 3.8) is 0 Å². The standard InChI is InChI=1S/C52H52I2N4O8/c1-27-35(15-19-43(59)63-5)41-26-42-36(16-20-44(60)64-6)29(3)49(57-42)47(31-11-9-13-33(53)23-31)50-30(4)38(18-22-46(62)66-8)52(58-50)48(32-12-10-14-34(54)24-32)51-37(17-21-45(61)65-7)28(2)40(56-51)25-39(27)55-41/h9-14,23-26,55-56H,15-22H2,1-8H3. The van der Waals surface area contributed by atoms with Crippen molar-refractivity contribution in [2.24, 2.45) is 0 Å². The number of ether oxygens (including phenoxy) is 4. The molecule has 342 valence electrons. The van der Waals surface area contributed by atoms with E-state index in [1.54, 1.807) is 0 Å². The molecule has 5 aromatic rings. The van der Waals surface area contributed by atoms with Gasteiger partial charge in [0.2, 0.25) is 0 Å². The number of nitrogens with zero attached hydrogens (tertiary/aromatic N) is 2. The minimum absolute atomic E-state index is 0.114. The molecule has 66 heavy (non-hydrogen) atoms. The Kier molecular flexibility index (Phi) is 15.3. The number of esters is 4. The fourth-order valence-corrected chi connectivity index (χ4v) is 9.97. The number of nitrogens with one attached hydrogen (secondary N) is 2. The third-order valence-electron chi connectivity index (χ3n) is 12.5. The number of aryl methyl sites for hydroxylation is 4. The van der Waals surface area contributed by atoms with E-state index in [2.05, 4.69) is 85.5 Å². The number of benzene rings is 2. The molecule has 0 unspecified atom stereocenters. The number of carbonyl (C=O) groups excluding carboxylic acids is 4. The summed E-state index contributed by atoms with van der Waals surface area (Å²) < 4.78 is 22.6. The fourth-order valence-electron chi connectivity index (χ4n) is 8.89. The van der Waals surface area contributed by atoms with Gasteiger partial charge in [-0.3, -0.25) is 19.2 Å². The zero-order chi connectivity index (χ0) is 47.4. The third kappa shape index (κ3) is 10.0. The molecule has 0 spiro atoms. The summed E-state index contributed by atoms with van der Waals surface area (Å²) in [7, 11) is 5.56. The van der Waals surface area contributed by atoms with Crippen molar-refractivity contribution < 1.29 is 38.1 Å². The van der Waals surface area contributed by atoms with E-state index in [4.69, 9.17) is 28.9 Å². The second-order valence-corrected chi connectivity index (χ2v) is 18.8. The van der Waals surface area contributed by atoms with Crippen LogP contribution in [-0.2, 0) is 51.0 Å². The lowest BCUT2D eigenvalue weighted by Gasteiger charge is -2.12. The first-order valence-corrected chi connectivity index (χ1v) is 23.8. The Morgan fingerprint density at radius 3 is 1.55 bits per heavy atom. The fraction of sp³-hybridized carbons (Fsp3) is 0.308. The molecule has 2 aliphatic heterocycles. The van der Waals surface area contributed by atoms with Gasteiger partial charge in [0, 0.05) is 60.5 Å². The number of methoxy groups -OCH3 is 4. The Morgan fingerprint density at radius 2 is 0.985 bits per heavy atom. The third-order valence-corrected chi connectivity index (χ3v) is 13.9. The van der Waals surface area contributed by atoms with E-state index in [0.29, 0.717) is 48.5 Å². The Balaban J connectivity index is 1.77. The van der Waals surface area contributed by atoms with Crippen LogP contribution >= 0.6 is 45.2 Å². The van der Waals surface area contributed by atoms with Crippen molar-refractivity contribution in [2.45, 2.75) is 79.1 Å². The van der Waals surface area contributed by atoms with Crippen LogP contribution in [0.2, 0.25) is 0 Å². The summed E-state index contributed by atoms with van der Waals surface area (Å²) in [5.41, 5.74) is 16.5. The quantitative estimate of drug-likeness (QED) is 0.0622. The maximum absolute atomic E-state index is 13.0. The summed E-state index contributed by atoms with van der Waals surface area (Å²) >= 11 is 4.64. The van der Waals surface area contributed by atoms with Crippen LogP contribution in [0.25, 0.3) is 66.6 Å². The van der Waals surface area contributed by atoms with Crippen LogP contribution < -0.4 is 0 Å². The van der Waals surface area contributed by atoms with Crippen LogP contribution in [0.1, 0.15) is 97.4 Å². The van der Waals surface area contributed by atoms with Gasteiger partial charge in [-0.15, -0.1) is 0 Å². The number of H-pyrrole nitrogens is 2. The Hall–Kier alpha value is -5.62. The van der Waals surface area contributed by atoms with Gasteiger partial charge in [-0.1, -0.05) is 24.3 Å². The number of allylic oxidation sites excluding steroid dienone is 4. The van der Waals surface area contributed by atoms with Crippen molar-refractivity contribution >= 4 is 113 Å². The van der Waals surface area contributed by atoms with Crippen LogP contribution in [-0.4, -0.2) is 72.3 Å². The van der Waals surface area contributed by atoms with E-state index in [9.17, 15) is 19.2 Å². The molecular formula is C52H52I2N4O8. The molecular weight excluding hydrogens is 1060 g/mol. The van der Waals surface area contributed by atoms with Gasteiger partial charge < -0.3 is 28.9 Å². The topological polar surface area (TPSA) is 163 Å². The molecule has 0 saturated carbocycles. The molecule has 14 heteroatoms. The molecule has 2 N–H and O–H groups in total. The summed E-state index contributed by atoms with van der Waals surface area (Å²) in [6, 6.07) is 20.5. The number of carbonyl (C=O) groups is 4. The van der Waals surface area contributed by atoms with E-state index in [0.717, 1.165) is 96.0 Å². The van der Waals surface area contributed by atoms with Crippen molar-refractivity contribution in [2.75, 3.05) is 28.4 Å². The Labute approximate surface area is 411 Å². The highest BCUT2D eigenvalue weighted by Gasteiger charge is 2.30. The average Bonchev–Trinajstić information content (AvgIpc) is 3.99. The number of hydrogen-bond acceptors (Lipinski definition) is 10.